The molecule has 5 nitrogen and oxygen atoms in total. The van der Waals surface area contributed by atoms with Gasteiger partial charge in [0.15, 0.2) is 13.1 Å². The predicted octanol–water partition coefficient (Wildman–Crippen LogP) is 13.3. The fraction of sp³-hybridized carbons (Fsp3) is 0.950. The maximum absolute atomic E-state index is 12.6. The summed E-state index contributed by atoms with van der Waals surface area (Å²) in [6.45, 7) is 8.39. The second-order valence-corrected chi connectivity index (χ2v) is 14.3. The lowest BCUT2D eigenvalue weighted by Crippen LogP contribution is -2.52. The summed E-state index contributed by atoms with van der Waals surface area (Å²) in [5, 5.41) is 0. The van der Waals surface area contributed by atoms with Crippen LogP contribution in [0.15, 0.2) is 0 Å². The Balaban J connectivity index is 3.76. The highest BCUT2D eigenvalue weighted by Crippen LogP contribution is 2.19. The molecule has 268 valence electrons. The predicted molar refractivity (Wildman–Crippen MR) is 193 cm³/mol. The minimum absolute atomic E-state index is 0.153. The van der Waals surface area contributed by atoms with Crippen LogP contribution in [0.1, 0.15) is 233 Å². The van der Waals surface area contributed by atoms with Crippen LogP contribution in [0.5, 0.6) is 0 Å². The first kappa shape index (κ1) is 43.9. The van der Waals surface area contributed by atoms with Crippen LogP contribution in [0.25, 0.3) is 0 Å². The van der Waals surface area contributed by atoms with Gasteiger partial charge >= 0.3 is 11.9 Å². The smallest absolute Gasteiger partial charge is 0.245 e. The Morgan fingerprint density at radius 3 is 0.800 bits per heavy atom. The van der Waals surface area contributed by atoms with Gasteiger partial charge in [-0.2, -0.15) is 0 Å². The molecule has 0 aliphatic heterocycles. The molecule has 0 aliphatic rings. The maximum atomic E-state index is 12.6. The van der Waals surface area contributed by atoms with Gasteiger partial charge in [-0.25, -0.2) is 19.3 Å². The van der Waals surface area contributed by atoms with Gasteiger partial charge in [0.25, 0.3) is 0 Å². The SMILES string of the molecule is CCCCCCCCCCCCCCCCCC(=O)O[N+](C)(OC(=O)CCCCCCCCCCCCCCCCC)C(C)C. The van der Waals surface area contributed by atoms with Crippen molar-refractivity contribution < 1.29 is 24.1 Å². The van der Waals surface area contributed by atoms with Gasteiger partial charge in [-0.1, -0.05) is 194 Å². The molecule has 0 aromatic heterocycles. The van der Waals surface area contributed by atoms with Crippen molar-refractivity contribution in [2.75, 3.05) is 7.05 Å². The number of unbranched alkanes of at least 4 members (excludes halogenated alkanes) is 28. The van der Waals surface area contributed by atoms with Gasteiger partial charge in [-0.05, 0) is 26.7 Å². The average molecular weight is 639 g/mol. The number of rotatable bonds is 35. The van der Waals surface area contributed by atoms with Gasteiger partial charge in [0, 0.05) is 4.81 Å². The van der Waals surface area contributed by atoms with Gasteiger partial charge in [0.2, 0.25) is 0 Å². The Labute approximate surface area is 281 Å². The van der Waals surface area contributed by atoms with Crippen LogP contribution < -0.4 is 0 Å². The van der Waals surface area contributed by atoms with E-state index in [-0.39, 0.29) is 18.0 Å². The molecule has 0 saturated carbocycles. The van der Waals surface area contributed by atoms with E-state index in [2.05, 4.69) is 13.8 Å². The van der Waals surface area contributed by atoms with Crippen LogP contribution in [0.2, 0.25) is 0 Å². The lowest BCUT2D eigenvalue weighted by Gasteiger charge is -2.30. The number of hydroxylamine groups is 4. The van der Waals surface area contributed by atoms with E-state index >= 15 is 0 Å². The van der Waals surface area contributed by atoms with E-state index in [0.717, 1.165) is 25.7 Å². The van der Waals surface area contributed by atoms with Crippen LogP contribution in [0.3, 0.4) is 0 Å². The first-order valence-electron chi connectivity index (χ1n) is 20.2. The molecular formula is C40H80NO4+. The zero-order valence-corrected chi connectivity index (χ0v) is 31.3. The summed E-state index contributed by atoms with van der Waals surface area (Å²) in [4.78, 5) is 36.0. The van der Waals surface area contributed by atoms with Crippen LogP contribution >= 0.6 is 0 Å². The van der Waals surface area contributed by atoms with E-state index in [9.17, 15) is 9.59 Å². The highest BCUT2D eigenvalue weighted by atomic mass is 17.0. The van der Waals surface area contributed by atoms with E-state index in [4.69, 9.17) is 9.68 Å². The quantitative estimate of drug-likeness (QED) is 0.0394. The van der Waals surface area contributed by atoms with E-state index < -0.39 is 4.81 Å². The summed E-state index contributed by atoms with van der Waals surface area (Å²) < 4.78 is 0. The molecule has 0 amide bonds. The number of nitrogens with zero attached hydrogens (tertiary/aromatic N) is 1. The van der Waals surface area contributed by atoms with E-state index in [1.807, 2.05) is 13.8 Å². The van der Waals surface area contributed by atoms with Crippen molar-refractivity contribution in [3.63, 3.8) is 0 Å². The summed E-state index contributed by atoms with van der Waals surface area (Å²) in [6.07, 6.45) is 39.8. The molecular weight excluding hydrogens is 558 g/mol. The van der Waals surface area contributed by atoms with Crippen molar-refractivity contribution in [2.24, 2.45) is 0 Å². The Hall–Kier alpha value is -1.10. The Bertz CT molecular complexity index is 602. The summed E-state index contributed by atoms with van der Waals surface area (Å²) >= 11 is 0. The van der Waals surface area contributed by atoms with Crippen molar-refractivity contribution in [3.05, 3.63) is 0 Å². The van der Waals surface area contributed by atoms with Crippen LogP contribution in [0, 0.1) is 0 Å². The van der Waals surface area contributed by atoms with Gasteiger partial charge in [-0.3, -0.25) is 0 Å². The minimum atomic E-state index is -0.421. The first-order valence-corrected chi connectivity index (χ1v) is 20.2. The minimum Gasteiger partial charge on any atom is -0.245 e. The number of carbonyl (C=O) groups excluding carboxylic acids is 2. The molecule has 0 N–H and O–H groups in total. The molecule has 0 aliphatic carbocycles. The van der Waals surface area contributed by atoms with Gasteiger partial charge < -0.3 is 0 Å². The van der Waals surface area contributed by atoms with E-state index in [1.54, 1.807) is 7.05 Å². The van der Waals surface area contributed by atoms with Crippen LogP contribution in [0.4, 0.5) is 0 Å². The highest BCUT2D eigenvalue weighted by Gasteiger charge is 2.37. The molecule has 0 heterocycles. The zero-order chi connectivity index (χ0) is 33.3. The first-order chi connectivity index (χ1) is 21.9. The number of quaternary nitrogens is 1. The van der Waals surface area contributed by atoms with Gasteiger partial charge in [-0.15, -0.1) is 0 Å². The van der Waals surface area contributed by atoms with Crippen LogP contribution in [-0.2, 0) is 19.3 Å². The molecule has 0 aromatic rings. The third-order valence-corrected chi connectivity index (χ3v) is 9.47. The molecule has 0 radical (unpaired) electrons. The summed E-state index contributed by atoms with van der Waals surface area (Å²) in [5.41, 5.74) is 0. The molecule has 45 heavy (non-hydrogen) atoms. The van der Waals surface area contributed by atoms with E-state index in [1.165, 1.54) is 167 Å². The molecule has 0 aromatic carbocycles. The van der Waals surface area contributed by atoms with Crippen molar-refractivity contribution >= 4 is 11.9 Å². The fourth-order valence-corrected chi connectivity index (χ4v) is 6.01. The Kier molecular flexibility index (Phi) is 32.0. The second-order valence-electron chi connectivity index (χ2n) is 14.3. The lowest BCUT2D eigenvalue weighted by molar-refractivity contribution is -1.22. The van der Waals surface area contributed by atoms with Crippen molar-refractivity contribution in [3.8, 4) is 0 Å². The lowest BCUT2D eigenvalue weighted by atomic mass is 10.0. The van der Waals surface area contributed by atoms with Crippen molar-refractivity contribution in [2.45, 2.75) is 239 Å². The summed E-state index contributed by atoms with van der Waals surface area (Å²) in [5.74, 6) is -0.554. The molecule has 0 unspecified atom stereocenters. The number of carbonyl (C=O) groups is 2. The second kappa shape index (κ2) is 32.8. The Morgan fingerprint density at radius 2 is 0.600 bits per heavy atom. The van der Waals surface area contributed by atoms with E-state index in [0.29, 0.717) is 12.8 Å². The fourth-order valence-electron chi connectivity index (χ4n) is 6.01. The summed E-state index contributed by atoms with van der Waals surface area (Å²) in [6, 6.07) is -0.153. The van der Waals surface area contributed by atoms with Crippen molar-refractivity contribution in [1.82, 2.24) is 0 Å². The third-order valence-electron chi connectivity index (χ3n) is 9.47. The normalized spacial score (nSPS) is 11.8. The molecule has 0 atom stereocenters. The van der Waals surface area contributed by atoms with Crippen molar-refractivity contribution in [1.29, 1.82) is 0 Å². The largest absolute Gasteiger partial charge is 0.372 e. The molecule has 0 saturated heterocycles. The molecule has 5 heteroatoms. The Morgan fingerprint density at radius 1 is 0.400 bits per heavy atom. The molecule has 0 rings (SSSR count). The molecule has 0 spiro atoms. The maximum Gasteiger partial charge on any atom is 0.372 e. The standard InChI is InChI=1S/C40H80NO4/c1-6-8-10-12-14-16-18-20-22-24-26-28-30-32-34-36-39(42)44-41(5,38(3)4)45-40(43)37-35-33-31-29-27-25-23-21-19-17-15-13-11-9-7-2/h38H,6-37H2,1-5H3/q+1. The van der Waals surface area contributed by atoms with Gasteiger partial charge in [0.05, 0.1) is 12.8 Å². The highest BCUT2D eigenvalue weighted by molar-refractivity contribution is 5.69. The average Bonchev–Trinajstić information content (AvgIpc) is 3.00. The summed E-state index contributed by atoms with van der Waals surface area (Å²) in [7, 11) is 1.68. The van der Waals surface area contributed by atoms with Crippen LogP contribution in [-0.4, -0.2) is 29.8 Å². The zero-order valence-electron chi connectivity index (χ0n) is 31.3. The molecule has 0 bridgehead atoms. The molecule has 0 fully saturated rings. The number of hydrogen-bond donors (Lipinski definition) is 0. The topological polar surface area (TPSA) is 52.6 Å². The third kappa shape index (κ3) is 30.0. The number of hydrogen-bond acceptors (Lipinski definition) is 4. The monoisotopic (exact) mass is 639 g/mol. The van der Waals surface area contributed by atoms with Gasteiger partial charge in [0.1, 0.15) is 0 Å².